The van der Waals surface area contributed by atoms with Gasteiger partial charge in [0.25, 0.3) is 5.69 Å². The average molecular weight is 324 g/mol. The fourth-order valence-corrected chi connectivity index (χ4v) is 1.90. The van der Waals surface area contributed by atoms with Crippen molar-refractivity contribution < 1.29 is 9.66 Å². The van der Waals surface area contributed by atoms with E-state index in [1.165, 1.54) is 12.4 Å². The maximum Gasteiger partial charge on any atom is 0.276 e. The highest BCUT2D eigenvalue weighted by molar-refractivity contribution is 9.10. The minimum Gasteiger partial charge on any atom is -0.438 e. The molecular formula is C12H10BrN3O3. The topological polar surface area (TPSA) is 78.2 Å². The van der Waals surface area contributed by atoms with Gasteiger partial charge in [-0.05, 0) is 41.4 Å². The van der Waals surface area contributed by atoms with E-state index >= 15 is 0 Å². The number of rotatable bonds is 3. The van der Waals surface area contributed by atoms with Gasteiger partial charge in [-0.3, -0.25) is 10.1 Å². The van der Waals surface area contributed by atoms with Crippen molar-refractivity contribution in [1.29, 1.82) is 0 Å². The number of nitro groups is 1. The number of hydrogen-bond donors (Lipinski definition) is 0. The lowest BCUT2D eigenvalue weighted by Crippen LogP contribution is -1.96. The summed E-state index contributed by atoms with van der Waals surface area (Å²) in [6, 6.07) is 4.70. The molecule has 2 aromatic rings. The lowest BCUT2D eigenvalue weighted by molar-refractivity contribution is -0.385. The van der Waals surface area contributed by atoms with Gasteiger partial charge in [-0.25, -0.2) is 9.97 Å². The first kappa shape index (κ1) is 13.4. The summed E-state index contributed by atoms with van der Waals surface area (Å²) >= 11 is 3.20. The van der Waals surface area contributed by atoms with Crippen molar-refractivity contribution in [2.75, 3.05) is 0 Å². The van der Waals surface area contributed by atoms with Crippen molar-refractivity contribution in [3.63, 3.8) is 0 Å². The Hall–Kier alpha value is -2.02. The lowest BCUT2D eigenvalue weighted by Gasteiger charge is -2.08. The van der Waals surface area contributed by atoms with Crippen molar-refractivity contribution in [3.05, 3.63) is 50.4 Å². The van der Waals surface area contributed by atoms with E-state index in [4.69, 9.17) is 4.74 Å². The summed E-state index contributed by atoms with van der Waals surface area (Å²) in [6.07, 6.45) is 1.34. The van der Waals surface area contributed by atoms with Crippen LogP contribution in [-0.2, 0) is 0 Å². The SMILES string of the molecule is Cc1cc(C)c([N+](=O)[O-])cc1Oc1cc(Br)ncn1. The lowest BCUT2D eigenvalue weighted by atomic mass is 10.1. The maximum absolute atomic E-state index is 10.9. The van der Waals surface area contributed by atoms with Crippen LogP contribution in [-0.4, -0.2) is 14.9 Å². The largest absolute Gasteiger partial charge is 0.438 e. The van der Waals surface area contributed by atoms with Crippen molar-refractivity contribution in [1.82, 2.24) is 9.97 Å². The minimum absolute atomic E-state index is 0.0220. The van der Waals surface area contributed by atoms with Gasteiger partial charge >= 0.3 is 0 Å². The van der Waals surface area contributed by atoms with Crippen molar-refractivity contribution in [2.45, 2.75) is 13.8 Å². The van der Waals surface area contributed by atoms with Crippen LogP contribution in [0.25, 0.3) is 0 Å². The zero-order chi connectivity index (χ0) is 14.0. The monoisotopic (exact) mass is 323 g/mol. The van der Waals surface area contributed by atoms with Gasteiger partial charge in [-0.15, -0.1) is 0 Å². The zero-order valence-electron chi connectivity index (χ0n) is 10.3. The van der Waals surface area contributed by atoms with Crippen LogP contribution in [0, 0.1) is 24.0 Å². The van der Waals surface area contributed by atoms with Crippen LogP contribution in [0.5, 0.6) is 11.6 Å². The van der Waals surface area contributed by atoms with Gasteiger partial charge in [0.1, 0.15) is 16.7 Å². The molecule has 0 aliphatic heterocycles. The number of aryl methyl sites for hydroxylation is 2. The first-order valence-corrected chi connectivity index (χ1v) is 6.17. The standard InChI is InChI=1S/C12H10BrN3O3/c1-7-3-8(2)10(4-9(7)16(17)18)19-12-5-11(13)14-6-15-12/h3-6H,1-2H3. The van der Waals surface area contributed by atoms with Crippen molar-refractivity contribution in [2.24, 2.45) is 0 Å². The minimum atomic E-state index is -0.433. The summed E-state index contributed by atoms with van der Waals surface area (Å²) in [6.45, 7) is 3.51. The molecule has 1 aromatic heterocycles. The molecule has 0 atom stereocenters. The molecule has 6 nitrogen and oxygen atoms in total. The number of hydrogen-bond acceptors (Lipinski definition) is 5. The summed E-state index contributed by atoms with van der Waals surface area (Å²) in [7, 11) is 0. The van der Waals surface area contributed by atoms with Gasteiger partial charge in [0.05, 0.1) is 11.0 Å². The third-order valence-corrected chi connectivity index (χ3v) is 2.95. The smallest absolute Gasteiger partial charge is 0.276 e. The quantitative estimate of drug-likeness (QED) is 0.490. The molecule has 0 saturated carbocycles. The zero-order valence-corrected chi connectivity index (χ0v) is 11.8. The Bertz CT molecular complexity index is 646. The van der Waals surface area contributed by atoms with Crippen LogP contribution < -0.4 is 4.74 Å². The predicted molar refractivity (Wildman–Crippen MR) is 72.4 cm³/mol. The Morgan fingerprint density at radius 3 is 2.58 bits per heavy atom. The predicted octanol–water partition coefficient (Wildman–Crippen LogP) is 3.56. The molecule has 7 heteroatoms. The van der Waals surface area contributed by atoms with Gasteiger partial charge < -0.3 is 4.74 Å². The van der Waals surface area contributed by atoms with Crippen molar-refractivity contribution in [3.8, 4) is 11.6 Å². The third kappa shape index (κ3) is 3.05. The van der Waals surface area contributed by atoms with E-state index in [9.17, 15) is 10.1 Å². The van der Waals surface area contributed by atoms with E-state index < -0.39 is 4.92 Å². The van der Waals surface area contributed by atoms with E-state index in [1.807, 2.05) is 6.92 Å². The molecule has 0 unspecified atom stereocenters. The summed E-state index contributed by atoms with van der Waals surface area (Å²) in [4.78, 5) is 18.3. The Kier molecular flexibility index (Phi) is 3.75. The number of nitro benzene ring substituents is 1. The van der Waals surface area contributed by atoms with E-state index in [-0.39, 0.29) is 5.69 Å². The molecule has 0 aliphatic carbocycles. The van der Waals surface area contributed by atoms with Gasteiger partial charge in [-0.1, -0.05) is 0 Å². The molecule has 98 valence electrons. The average Bonchev–Trinajstić information content (AvgIpc) is 2.32. The molecular weight excluding hydrogens is 314 g/mol. The van der Waals surface area contributed by atoms with Crippen LogP contribution >= 0.6 is 15.9 Å². The maximum atomic E-state index is 10.9. The number of ether oxygens (including phenoxy) is 1. The molecule has 1 heterocycles. The normalized spacial score (nSPS) is 10.3. The van der Waals surface area contributed by atoms with Crippen LogP contribution in [0.2, 0.25) is 0 Å². The molecule has 0 spiro atoms. The highest BCUT2D eigenvalue weighted by Gasteiger charge is 2.15. The molecule has 0 saturated heterocycles. The molecule has 0 fully saturated rings. The first-order chi connectivity index (χ1) is 8.97. The molecule has 0 amide bonds. The van der Waals surface area contributed by atoms with Gasteiger partial charge in [0.15, 0.2) is 0 Å². The first-order valence-electron chi connectivity index (χ1n) is 5.38. The third-order valence-electron chi connectivity index (χ3n) is 2.51. The van der Waals surface area contributed by atoms with E-state index in [1.54, 1.807) is 19.1 Å². The second-order valence-electron chi connectivity index (χ2n) is 3.94. The number of benzene rings is 1. The molecule has 0 radical (unpaired) electrons. The second-order valence-corrected chi connectivity index (χ2v) is 4.75. The number of halogens is 1. The van der Waals surface area contributed by atoms with Crippen LogP contribution in [0.3, 0.4) is 0 Å². The Labute approximate surface area is 117 Å². The molecule has 0 bridgehead atoms. The summed E-state index contributed by atoms with van der Waals surface area (Å²) in [5.41, 5.74) is 1.42. The fourth-order valence-electron chi connectivity index (χ4n) is 1.61. The molecule has 19 heavy (non-hydrogen) atoms. The van der Waals surface area contributed by atoms with E-state index in [2.05, 4.69) is 25.9 Å². The van der Waals surface area contributed by atoms with Gasteiger partial charge in [-0.2, -0.15) is 0 Å². The fraction of sp³-hybridized carbons (Fsp3) is 0.167. The van der Waals surface area contributed by atoms with Gasteiger partial charge in [0, 0.05) is 11.6 Å². The molecule has 0 N–H and O–H groups in total. The Morgan fingerprint density at radius 1 is 1.21 bits per heavy atom. The highest BCUT2D eigenvalue weighted by atomic mass is 79.9. The highest BCUT2D eigenvalue weighted by Crippen LogP contribution is 2.31. The number of nitrogens with zero attached hydrogens (tertiary/aromatic N) is 3. The van der Waals surface area contributed by atoms with Crippen LogP contribution in [0.4, 0.5) is 5.69 Å². The Morgan fingerprint density at radius 2 is 1.95 bits per heavy atom. The Balaban J connectivity index is 2.40. The number of aromatic nitrogens is 2. The van der Waals surface area contributed by atoms with Crippen LogP contribution in [0.15, 0.2) is 29.1 Å². The van der Waals surface area contributed by atoms with E-state index in [0.29, 0.717) is 21.8 Å². The van der Waals surface area contributed by atoms with Gasteiger partial charge in [0.2, 0.25) is 5.88 Å². The molecule has 0 aliphatic rings. The molecule has 2 rings (SSSR count). The van der Waals surface area contributed by atoms with Crippen LogP contribution in [0.1, 0.15) is 11.1 Å². The molecule has 1 aromatic carbocycles. The second kappa shape index (κ2) is 5.31. The van der Waals surface area contributed by atoms with Crippen molar-refractivity contribution >= 4 is 21.6 Å². The summed E-state index contributed by atoms with van der Waals surface area (Å²) in [5.74, 6) is 0.728. The summed E-state index contributed by atoms with van der Waals surface area (Å²) < 4.78 is 6.13. The summed E-state index contributed by atoms with van der Waals surface area (Å²) in [5, 5.41) is 10.9. The van der Waals surface area contributed by atoms with E-state index in [0.717, 1.165) is 5.56 Å².